The number of phosphoric acid groups is 1. The molecule has 3 rings (SSSR count). The smallest absolute Gasteiger partial charge is 0.390 e. The zero-order valence-electron chi connectivity index (χ0n) is 14.8. The van der Waals surface area contributed by atoms with Crippen LogP contribution in [0.4, 0.5) is 5.82 Å². The number of imidazole rings is 1. The summed E-state index contributed by atoms with van der Waals surface area (Å²) >= 11 is 1.32. The van der Waals surface area contributed by atoms with Gasteiger partial charge in [-0.15, -0.1) is 0 Å². The van der Waals surface area contributed by atoms with Crippen LogP contribution in [0.5, 0.6) is 0 Å². The van der Waals surface area contributed by atoms with Crippen LogP contribution in [-0.4, -0.2) is 64.6 Å². The third-order valence-corrected chi connectivity index (χ3v) is 6.07. The number of phosphoric ester groups is 1. The van der Waals surface area contributed by atoms with Crippen molar-refractivity contribution in [3.63, 3.8) is 0 Å². The third-order valence-electron chi connectivity index (χ3n) is 5.01. The molecule has 0 aliphatic heterocycles. The van der Waals surface area contributed by atoms with Gasteiger partial charge in [0.05, 0.1) is 25.1 Å². The fourth-order valence-corrected chi connectivity index (χ4v) is 4.20. The molecule has 1 aliphatic carbocycles. The van der Waals surface area contributed by atoms with Gasteiger partial charge in [0.25, 0.3) is 0 Å². The largest absolute Gasteiger partial charge is 0.469 e. The average molecular weight is 419 g/mol. The Labute approximate surface area is 159 Å². The Morgan fingerprint density at radius 2 is 2.15 bits per heavy atom. The number of nitrogen functional groups attached to an aromatic ring is 1. The summed E-state index contributed by atoms with van der Waals surface area (Å²) in [6, 6.07) is -0.533. The highest BCUT2D eigenvalue weighted by Crippen LogP contribution is 2.48. The average Bonchev–Trinajstić information content (AvgIpc) is 3.09. The number of aliphatic hydroxyl groups is 2. The van der Waals surface area contributed by atoms with Crippen molar-refractivity contribution in [2.45, 2.75) is 43.2 Å². The second-order valence-electron chi connectivity index (χ2n) is 6.85. The first-order valence-corrected chi connectivity index (χ1v) is 10.9. The number of rotatable bonds is 6. The number of nitrogens with zero attached hydrogens (tertiary/aromatic N) is 4. The van der Waals surface area contributed by atoms with Gasteiger partial charge >= 0.3 is 7.82 Å². The monoisotopic (exact) mass is 419 g/mol. The Hall–Kier alpha value is -1.27. The summed E-state index contributed by atoms with van der Waals surface area (Å²) in [5.41, 5.74) is 5.98. The zero-order valence-corrected chi connectivity index (χ0v) is 16.5. The van der Waals surface area contributed by atoms with Gasteiger partial charge in [-0.25, -0.2) is 19.5 Å². The van der Waals surface area contributed by atoms with Gasteiger partial charge in [-0.3, -0.25) is 4.52 Å². The molecule has 1 saturated carbocycles. The van der Waals surface area contributed by atoms with E-state index in [0.29, 0.717) is 22.7 Å². The molecule has 11 nitrogen and oxygen atoms in total. The predicted octanol–water partition coefficient (Wildman–Crippen LogP) is 0.303. The maximum atomic E-state index is 10.9. The lowest BCUT2D eigenvalue weighted by atomic mass is 9.83. The van der Waals surface area contributed by atoms with Gasteiger partial charge in [-0.2, -0.15) is 0 Å². The van der Waals surface area contributed by atoms with Crippen LogP contribution in [0.1, 0.15) is 25.8 Å². The standard InChI is InChI=1S/C14H22N5O6PS/c1-14(3-4-25-26(22,23)24)5-7(9(20)10(14)21)19-6-16-8-11(15)17-13(27-2)18-12(8)19/h6-7,9-10,20-21H,3-5H2,1-2H3,(H2,15,17,18)(H2,22,23,24)/t7?,9-,10-,14-/m0/s1. The molecule has 6 N–H and O–H groups in total. The molecule has 0 bridgehead atoms. The lowest BCUT2D eigenvalue weighted by molar-refractivity contribution is -0.0287. The zero-order chi connectivity index (χ0) is 20.0. The van der Waals surface area contributed by atoms with Crippen LogP contribution >= 0.6 is 19.6 Å². The molecule has 150 valence electrons. The predicted molar refractivity (Wildman–Crippen MR) is 97.9 cm³/mol. The Balaban J connectivity index is 1.88. The summed E-state index contributed by atoms with van der Waals surface area (Å²) in [6.07, 6.45) is 1.58. The lowest BCUT2D eigenvalue weighted by Crippen LogP contribution is -2.35. The number of aliphatic hydroxyl groups excluding tert-OH is 2. The maximum Gasteiger partial charge on any atom is 0.469 e. The van der Waals surface area contributed by atoms with Crippen molar-refractivity contribution in [3.8, 4) is 0 Å². The minimum atomic E-state index is -4.59. The van der Waals surface area contributed by atoms with Crippen molar-refractivity contribution in [2.75, 3.05) is 18.6 Å². The molecule has 0 saturated heterocycles. The van der Waals surface area contributed by atoms with Gasteiger partial charge in [-0.05, 0) is 19.1 Å². The molecular weight excluding hydrogens is 397 g/mol. The molecule has 0 radical (unpaired) electrons. The van der Waals surface area contributed by atoms with Gasteiger partial charge in [0.15, 0.2) is 16.6 Å². The van der Waals surface area contributed by atoms with Crippen LogP contribution in [-0.2, 0) is 9.09 Å². The summed E-state index contributed by atoms with van der Waals surface area (Å²) in [6.45, 7) is 1.49. The van der Waals surface area contributed by atoms with E-state index >= 15 is 0 Å². The third kappa shape index (κ3) is 3.97. The fraction of sp³-hybridized carbons (Fsp3) is 0.643. The van der Waals surface area contributed by atoms with Crippen molar-refractivity contribution in [1.82, 2.24) is 19.5 Å². The molecule has 2 aromatic heterocycles. The van der Waals surface area contributed by atoms with E-state index in [9.17, 15) is 14.8 Å². The Bertz CT molecular complexity index is 890. The molecule has 4 atom stereocenters. The molecule has 0 aromatic carbocycles. The molecule has 27 heavy (non-hydrogen) atoms. The molecule has 13 heteroatoms. The Morgan fingerprint density at radius 3 is 2.78 bits per heavy atom. The van der Waals surface area contributed by atoms with Gasteiger partial charge in [0, 0.05) is 5.41 Å². The first kappa shape index (κ1) is 20.5. The number of fused-ring (bicyclic) bond motifs is 1. The minimum absolute atomic E-state index is 0.159. The molecule has 1 aliphatic rings. The fourth-order valence-electron chi connectivity index (χ4n) is 3.50. The second-order valence-corrected chi connectivity index (χ2v) is 8.87. The van der Waals surface area contributed by atoms with Crippen LogP contribution in [0.25, 0.3) is 11.2 Å². The van der Waals surface area contributed by atoms with Gasteiger partial charge in [0.1, 0.15) is 11.6 Å². The second kappa shape index (κ2) is 7.28. The summed E-state index contributed by atoms with van der Waals surface area (Å²) in [5.74, 6) is 0.231. The number of hydrogen-bond acceptors (Lipinski definition) is 9. The van der Waals surface area contributed by atoms with E-state index in [1.807, 2.05) is 6.26 Å². The first-order chi connectivity index (χ1) is 12.6. The van der Waals surface area contributed by atoms with E-state index in [0.717, 1.165) is 0 Å². The molecular formula is C14H22N5O6PS. The van der Waals surface area contributed by atoms with Crippen LogP contribution in [0.15, 0.2) is 11.5 Å². The molecule has 1 unspecified atom stereocenters. The summed E-state index contributed by atoms with van der Waals surface area (Å²) < 4.78 is 17.0. The normalized spacial score (nSPS) is 28.9. The Kier molecular flexibility index (Phi) is 5.52. The van der Waals surface area contributed by atoms with Crippen molar-refractivity contribution >= 4 is 36.6 Å². The number of nitrogens with two attached hydrogens (primary N) is 1. The maximum absolute atomic E-state index is 10.9. The van der Waals surface area contributed by atoms with Crippen molar-refractivity contribution in [2.24, 2.45) is 5.41 Å². The van der Waals surface area contributed by atoms with Crippen molar-refractivity contribution < 1.29 is 29.1 Å². The molecule has 2 heterocycles. The summed E-state index contributed by atoms with van der Waals surface area (Å²) in [7, 11) is -4.59. The minimum Gasteiger partial charge on any atom is -0.390 e. The Morgan fingerprint density at radius 1 is 1.44 bits per heavy atom. The highest BCUT2D eigenvalue weighted by Gasteiger charge is 2.50. The summed E-state index contributed by atoms with van der Waals surface area (Å²) in [5, 5.41) is 21.6. The van der Waals surface area contributed by atoms with Crippen LogP contribution in [0.2, 0.25) is 0 Å². The van der Waals surface area contributed by atoms with E-state index in [4.69, 9.17) is 15.5 Å². The molecule has 2 aromatic rings. The highest BCUT2D eigenvalue weighted by atomic mass is 32.2. The van der Waals surface area contributed by atoms with E-state index in [-0.39, 0.29) is 18.8 Å². The van der Waals surface area contributed by atoms with Crippen molar-refractivity contribution in [1.29, 1.82) is 0 Å². The highest BCUT2D eigenvalue weighted by molar-refractivity contribution is 7.98. The van der Waals surface area contributed by atoms with E-state index in [1.165, 1.54) is 18.1 Å². The SMILES string of the molecule is CSc1nc(N)c2ncn(C3C[C@](C)(CCOP(=O)(O)O)[C@@H](O)[C@H]3O)c2n1. The molecule has 0 amide bonds. The van der Waals surface area contributed by atoms with Crippen molar-refractivity contribution in [3.05, 3.63) is 6.33 Å². The molecule has 0 spiro atoms. The molecule has 1 fully saturated rings. The van der Waals surface area contributed by atoms with Gasteiger partial charge in [0.2, 0.25) is 0 Å². The van der Waals surface area contributed by atoms with E-state index < -0.39 is 31.5 Å². The quantitative estimate of drug-likeness (QED) is 0.247. The number of hydrogen-bond donors (Lipinski definition) is 5. The first-order valence-electron chi connectivity index (χ1n) is 8.16. The number of anilines is 1. The van der Waals surface area contributed by atoms with Gasteiger partial charge in [-0.1, -0.05) is 18.7 Å². The number of aromatic nitrogens is 4. The lowest BCUT2D eigenvalue weighted by Gasteiger charge is -2.28. The van der Waals surface area contributed by atoms with E-state index in [1.54, 1.807) is 11.5 Å². The van der Waals surface area contributed by atoms with Crippen LogP contribution in [0.3, 0.4) is 0 Å². The number of thioether (sulfide) groups is 1. The van der Waals surface area contributed by atoms with Crippen LogP contribution in [0, 0.1) is 5.41 Å². The summed E-state index contributed by atoms with van der Waals surface area (Å²) in [4.78, 5) is 30.4. The van der Waals surface area contributed by atoms with Gasteiger partial charge < -0.3 is 30.3 Å². The van der Waals surface area contributed by atoms with E-state index in [2.05, 4.69) is 19.5 Å². The topological polar surface area (TPSA) is 177 Å². The van der Waals surface area contributed by atoms with Crippen LogP contribution < -0.4 is 5.73 Å².